The topological polar surface area (TPSA) is 228 Å². The third kappa shape index (κ3) is 6.61. The predicted octanol–water partition coefficient (Wildman–Crippen LogP) is 0.192. The van der Waals surface area contributed by atoms with E-state index in [4.69, 9.17) is 23.7 Å². The molecule has 9 N–H and O–H groups in total. The van der Waals surface area contributed by atoms with Gasteiger partial charge < -0.3 is 69.6 Å². The molecule has 6 fully saturated rings. The largest absolute Gasteiger partial charge is 0.394 e. The lowest BCUT2D eigenvalue weighted by molar-refractivity contribution is -0.315. The summed E-state index contributed by atoms with van der Waals surface area (Å²) in [7, 11) is 1.35. The lowest BCUT2D eigenvalue weighted by Crippen LogP contribution is -2.75. The highest BCUT2D eigenvalue weighted by molar-refractivity contribution is 5.24. The molecular weight excluding hydrogens is 680 g/mol. The Hall–Kier alpha value is -0.560. The number of ether oxygens (including phenoxy) is 5. The van der Waals surface area contributed by atoms with Gasteiger partial charge in [-0.1, -0.05) is 34.6 Å². The number of hydrogen-bond donors (Lipinski definition) is 9. The predicted molar refractivity (Wildman–Crippen MR) is 184 cm³/mol. The van der Waals surface area contributed by atoms with Crippen molar-refractivity contribution in [3.05, 3.63) is 0 Å². The molecular formula is C38H66O14. The van der Waals surface area contributed by atoms with Gasteiger partial charge in [0.25, 0.3) is 0 Å². The minimum atomic E-state index is -1.50. The van der Waals surface area contributed by atoms with Gasteiger partial charge in [-0.25, -0.2) is 0 Å². The third-order valence-corrected chi connectivity index (χ3v) is 15.0. The Morgan fingerprint density at radius 2 is 1.56 bits per heavy atom. The first-order chi connectivity index (χ1) is 24.4. The molecule has 4 aliphatic carbocycles. The first-order valence-corrected chi connectivity index (χ1v) is 19.6. The van der Waals surface area contributed by atoms with E-state index in [9.17, 15) is 46.0 Å². The Bertz CT molecular complexity index is 1230. The molecule has 4 saturated carbocycles. The number of hydrogen-bond acceptors (Lipinski definition) is 14. The van der Waals surface area contributed by atoms with Crippen molar-refractivity contribution in [1.29, 1.82) is 0 Å². The van der Waals surface area contributed by atoms with E-state index in [0.717, 1.165) is 12.8 Å². The average Bonchev–Trinajstić information content (AvgIpc) is 3.53. The molecule has 302 valence electrons. The molecule has 0 amide bonds. The highest BCUT2D eigenvalue weighted by atomic mass is 16.8. The van der Waals surface area contributed by atoms with Crippen molar-refractivity contribution in [2.24, 2.45) is 40.4 Å². The monoisotopic (exact) mass is 746 g/mol. The van der Waals surface area contributed by atoms with Crippen molar-refractivity contribution in [3.63, 3.8) is 0 Å². The minimum absolute atomic E-state index is 0.0299. The van der Waals surface area contributed by atoms with Crippen molar-refractivity contribution in [1.82, 2.24) is 0 Å². The van der Waals surface area contributed by atoms with Crippen LogP contribution in [0.15, 0.2) is 0 Å². The fourth-order valence-electron chi connectivity index (χ4n) is 12.1. The van der Waals surface area contributed by atoms with Gasteiger partial charge in [-0.05, 0) is 74.0 Å². The van der Waals surface area contributed by atoms with E-state index in [2.05, 4.69) is 13.8 Å². The molecule has 14 heteroatoms. The third-order valence-electron chi connectivity index (χ3n) is 15.0. The summed E-state index contributed by atoms with van der Waals surface area (Å²) < 4.78 is 29.5. The molecule has 0 aromatic rings. The minimum Gasteiger partial charge on any atom is -0.394 e. The second-order valence-electron chi connectivity index (χ2n) is 18.2. The molecule has 14 nitrogen and oxygen atoms in total. The Morgan fingerprint density at radius 1 is 0.846 bits per heavy atom. The van der Waals surface area contributed by atoms with E-state index < -0.39 is 102 Å². The number of rotatable bonds is 11. The zero-order valence-electron chi connectivity index (χ0n) is 31.7. The van der Waals surface area contributed by atoms with Crippen molar-refractivity contribution in [2.45, 2.75) is 177 Å². The lowest BCUT2D eigenvalue weighted by atomic mass is 9.40. The van der Waals surface area contributed by atoms with Crippen LogP contribution in [0.1, 0.15) is 92.4 Å². The van der Waals surface area contributed by atoms with Crippen molar-refractivity contribution in [2.75, 3.05) is 20.3 Å². The van der Waals surface area contributed by atoms with E-state index in [1.165, 1.54) is 7.11 Å². The average molecular weight is 747 g/mol. The summed E-state index contributed by atoms with van der Waals surface area (Å²) in [6, 6.07) is 0. The number of aliphatic hydroxyl groups excluding tert-OH is 7. The van der Waals surface area contributed by atoms with E-state index in [1.54, 1.807) is 0 Å². The van der Waals surface area contributed by atoms with Crippen molar-refractivity contribution in [3.8, 4) is 0 Å². The Labute approximate surface area is 307 Å². The molecule has 2 unspecified atom stereocenters. The highest BCUT2D eigenvalue weighted by Gasteiger charge is 2.74. The standard InChI is InChI=1S/C38H66O14/c1-18(2)24(50-34-31(29(45)25(16-39)51-34)52-33-30(48-6)28(44)23(42)17-49-33)8-7-19(3)21-13-22(41)32-35(21,4)11-10-26-36(5)12-9-20(40)14-38(36,47)27(43)15-37(26,32)46/h18-34,39-47H,7-17H2,1-6H3/t19-,20+,21-,22+,23-,24+,25+,26?,27+,28+,29+,30-,31-,32?,33+,34-,35-,36-,37+,38+/m1/s1. The molecule has 20 atom stereocenters. The van der Waals surface area contributed by atoms with Gasteiger partial charge in [-0.15, -0.1) is 0 Å². The first-order valence-electron chi connectivity index (χ1n) is 19.6. The fraction of sp³-hybridized carbons (Fsp3) is 1.00. The van der Waals surface area contributed by atoms with Gasteiger partial charge in [0.2, 0.25) is 0 Å². The summed E-state index contributed by atoms with van der Waals surface area (Å²) in [5, 5.41) is 99.6. The highest BCUT2D eigenvalue weighted by Crippen LogP contribution is 2.70. The second kappa shape index (κ2) is 15.1. The van der Waals surface area contributed by atoms with Crippen LogP contribution in [0.3, 0.4) is 0 Å². The molecule has 2 aliphatic heterocycles. The van der Waals surface area contributed by atoms with Gasteiger partial charge in [-0.2, -0.15) is 0 Å². The van der Waals surface area contributed by atoms with Gasteiger partial charge in [0, 0.05) is 31.3 Å². The molecule has 0 bridgehead atoms. The summed E-state index contributed by atoms with van der Waals surface area (Å²) in [5.74, 6) is -0.584. The maximum absolute atomic E-state index is 12.6. The molecule has 6 rings (SSSR count). The summed E-state index contributed by atoms with van der Waals surface area (Å²) in [6.07, 6.45) is -7.77. The number of methoxy groups -OCH3 is 1. The van der Waals surface area contributed by atoms with Crippen LogP contribution in [0, 0.1) is 40.4 Å². The van der Waals surface area contributed by atoms with Gasteiger partial charge in [-0.3, -0.25) is 0 Å². The molecule has 0 radical (unpaired) electrons. The molecule has 0 aromatic heterocycles. The summed E-state index contributed by atoms with van der Waals surface area (Å²) >= 11 is 0. The van der Waals surface area contributed by atoms with E-state index in [-0.39, 0.29) is 49.2 Å². The van der Waals surface area contributed by atoms with Crippen LogP contribution in [0.5, 0.6) is 0 Å². The second-order valence-corrected chi connectivity index (χ2v) is 18.2. The summed E-state index contributed by atoms with van der Waals surface area (Å²) in [4.78, 5) is 0. The number of fused-ring (bicyclic) bond motifs is 5. The first kappa shape index (κ1) is 41.1. The fourth-order valence-corrected chi connectivity index (χ4v) is 12.1. The SMILES string of the molecule is CO[C@H]1[C@H](O[C@H]2[C@H](O[C@@H](CC[C@@H](C)[C@H]3C[C@H](O)C4[C@]5(O)C[C@H](O)[C@@]6(O)C[C@@H](O)CC[C@]6(C)C5CC[C@@]43C)C(C)C)O[C@@H](CO)[C@@H]2O)OC[C@@H](O)[C@@H]1O. The molecule has 6 aliphatic rings. The Morgan fingerprint density at radius 3 is 2.21 bits per heavy atom. The summed E-state index contributed by atoms with van der Waals surface area (Å²) in [6.45, 7) is 9.67. The zero-order chi connectivity index (χ0) is 38.1. The molecule has 0 aromatic carbocycles. The van der Waals surface area contributed by atoms with Gasteiger partial charge in [0.1, 0.15) is 36.6 Å². The lowest BCUT2D eigenvalue weighted by Gasteiger charge is -2.68. The van der Waals surface area contributed by atoms with Crippen LogP contribution >= 0.6 is 0 Å². The van der Waals surface area contributed by atoms with E-state index >= 15 is 0 Å². The van der Waals surface area contributed by atoms with Crippen LogP contribution < -0.4 is 0 Å². The smallest absolute Gasteiger partial charge is 0.187 e. The molecule has 2 saturated heterocycles. The molecule has 52 heavy (non-hydrogen) atoms. The van der Waals surface area contributed by atoms with Crippen LogP contribution in [0.25, 0.3) is 0 Å². The van der Waals surface area contributed by atoms with Crippen LogP contribution in [0.4, 0.5) is 0 Å². The van der Waals surface area contributed by atoms with Crippen LogP contribution in [-0.2, 0) is 23.7 Å². The molecule has 2 heterocycles. The maximum Gasteiger partial charge on any atom is 0.187 e. The van der Waals surface area contributed by atoms with Crippen LogP contribution in [-0.4, -0.2) is 151 Å². The van der Waals surface area contributed by atoms with E-state index in [1.807, 2.05) is 20.8 Å². The quantitative estimate of drug-likeness (QED) is 0.138. The van der Waals surface area contributed by atoms with Gasteiger partial charge >= 0.3 is 0 Å². The normalized spacial score (nSPS) is 53.3. The van der Waals surface area contributed by atoms with E-state index in [0.29, 0.717) is 32.1 Å². The van der Waals surface area contributed by atoms with Crippen LogP contribution in [0.2, 0.25) is 0 Å². The number of aliphatic hydroxyl groups is 9. The maximum atomic E-state index is 12.6. The zero-order valence-corrected chi connectivity index (χ0v) is 31.7. The summed E-state index contributed by atoms with van der Waals surface area (Å²) in [5.41, 5.74) is -4.09. The van der Waals surface area contributed by atoms with Gasteiger partial charge in [0.05, 0.1) is 48.8 Å². The Balaban J connectivity index is 1.14. The Kier molecular flexibility index (Phi) is 11.9. The molecule has 0 spiro atoms. The van der Waals surface area contributed by atoms with Crippen molar-refractivity contribution >= 4 is 0 Å². The van der Waals surface area contributed by atoms with Crippen molar-refractivity contribution < 1.29 is 69.6 Å². The van der Waals surface area contributed by atoms with Gasteiger partial charge in [0.15, 0.2) is 12.6 Å².